The van der Waals surface area contributed by atoms with E-state index < -0.39 is 11.5 Å². The van der Waals surface area contributed by atoms with Gasteiger partial charge in [0, 0.05) is 42.8 Å². The van der Waals surface area contributed by atoms with Crippen LogP contribution >= 0.6 is 11.3 Å². The summed E-state index contributed by atoms with van der Waals surface area (Å²) < 4.78 is 6.16. The van der Waals surface area contributed by atoms with Gasteiger partial charge in [-0.1, -0.05) is 18.2 Å². The van der Waals surface area contributed by atoms with Crippen LogP contribution in [-0.2, 0) is 14.3 Å². The average Bonchev–Trinajstić information content (AvgIpc) is 3.55. The molecule has 2 bridgehead atoms. The third kappa shape index (κ3) is 3.36. The highest BCUT2D eigenvalue weighted by atomic mass is 32.1. The lowest BCUT2D eigenvalue weighted by atomic mass is 9.76. The van der Waals surface area contributed by atoms with Crippen molar-refractivity contribution in [3.8, 4) is 0 Å². The number of pyridine rings is 1. The minimum atomic E-state index is -0.609. The smallest absolute Gasteiger partial charge is 0.229 e. The molecule has 4 unspecified atom stereocenters. The zero-order valence-electron chi connectivity index (χ0n) is 18.7. The number of ether oxygens (including phenoxy) is 1. The molecule has 1 N–H and O–H groups in total. The van der Waals surface area contributed by atoms with Crippen LogP contribution in [-0.4, -0.2) is 70.0 Å². The first-order valence-electron chi connectivity index (χ1n) is 11.5. The first-order valence-corrected chi connectivity index (χ1v) is 12.3. The molecule has 4 aliphatic rings. The van der Waals surface area contributed by atoms with Crippen molar-refractivity contribution in [3.63, 3.8) is 0 Å². The summed E-state index contributed by atoms with van der Waals surface area (Å²) in [6.07, 6.45) is 7.26. The number of hydrogen-bond acceptors (Lipinski definition) is 7. The van der Waals surface area contributed by atoms with E-state index in [1.54, 1.807) is 23.3 Å². The van der Waals surface area contributed by atoms with E-state index in [0.29, 0.717) is 25.6 Å². The Morgan fingerprint density at radius 1 is 1.30 bits per heavy atom. The summed E-state index contributed by atoms with van der Waals surface area (Å²) in [6.45, 7) is 3.91. The summed E-state index contributed by atoms with van der Waals surface area (Å²) in [6, 6.07) is 6.03. The zero-order valence-corrected chi connectivity index (χ0v) is 19.5. The van der Waals surface area contributed by atoms with Gasteiger partial charge in [0.1, 0.15) is 11.4 Å². The van der Waals surface area contributed by atoms with Crippen molar-refractivity contribution >= 4 is 34.1 Å². The quantitative estimate of drug-likeness (QED) is 0.699. The molecule has 0 aromatic carbocycles. The molecule has 0 radical (unpaired) electrons. The Morgan fingerprint density at radius 3 is 2.88 bits per heavy atom. The standard InChI is InChI=1S/C24H27N5O3S/c1-14-12-25-23(33-14)27-18-5-3-4-16(26-18)15-7-10-29(11-8-15)21(30)19-17-6-9-24(32-17)13-28(2)22(31)20(19)24/h3-6,9,12,15,17,19-20H,7-8,10-11,13H2,1-2H3,(H,25,26,27). The number of piperidine rings is 1. The van der Waals surface area contributed by atoms with Gasteiger partial charge >= 0.3 is 0 Å². The van der Waals surface area contributed by atoms with Gasteiger partial charge in [-0.2, -0.15) is 0 Å². The molecule has 1 spiro atoms. The van der Waals surface area contributed by atoms with Crippen LogP contribution in [0.2, 0.25) is 0 Å². The number of thiazole rings is 1. The normalized spacial score (nSPS) is 30.8. The van der Waals surface area contributed by atoms with E-state index in [1.165, 1.54) is 0 Å². The number of rotatable bonds is 4. The minimum absolute atomic E-state index is 0.0269. The number of hydrogen-bond donors (Lipinski definition) is 1. The van der Waals surface area contributed by atoms with Crippen molar-refractivity contribution in [1.82, 2.24) is 19.8 Å². The molecule has 8 nitrogen and oxygen atoms in total. The Bertz CT molecular complexity index is 1140. The first-order chi connectivity index (χ1) is 15.9. The summed E-state index contributed by atoms with van der Waals surface area (Å²) in [5, 5.41) is 4.13. The fourth-order valence-corrected chi connectivity index (χ4v) is 6.52. The molecule has 6 rings (SSSR count). The predicted octanol–water partition coefficient (Wildman–Crippen LogP) is 2.71. The number of fused-ring (bicyclic) bond motifs is 1. The number of nitrogens with one attached hydrogen (secondary N) is 1. The Kier molecular flexibility index (Phi) is 4.81. The number of nitrogens with zero attached hydrogens (tertiary/aromatic N) is 4. The molecule has 33 heavy (non-hydrogen) atoms. The molecule has 2 amide bonds. The lowest BCUT2D eigenvalue weighted by molar-refractivity contribution is -0.143. The second-order valence-electron chi connectivity index (χ2n) is 9.54. The van der Waals surface area contributed by atoms with Gasteiger partial charge in [-0.3, -0.25) is 9.59 Å². The lowest BCUT2D eigenvalue weighted by Gasteiger charge is -2.35. The molecule has 0 saturated carbocycles. The van der Waals surface area contributed by atoms with E-state index in [1.807, 2.05) is 42.3 Å². The maximum absolute atomic E-state index is 13.5. The maximum Gasteiger partial charge on any atom is 0.229 e. The number of likely N-dealkylation sites (N-methyl/N-ethyl adjacent to an activating group) is 1. The van der Waals surface area contributed by atoms with Crippen molar-refractivity contribution in [2.45, 2.75) is 37.4 Å². The number of amides is 2. The molecule has 4 atom stereocenters. The summed E-state index contributed by atoms with van der Waals surface area (Å²) in [7, 11) is 1.79. The van der Waals surface area contributed by atoms with Gasteiger partial charge < -0.3 is 19.9 Å². The van der Waals surface area contributed by atoms with Gasteiger partial charge in [0.05, 0.1) is 24.5 Å². The van der Waals surface area contributed by atoms with Gasteiger partial charge in [0.25, 0.3) is 0 Å². The first kappa shape index (κ1) is 20.8. The highest BCUT2D eigenvalue weighted by molar-refractivity contribution is 7.15. The summed E-state index contributed by atoms with van der Waals surface area (Å²) in [5.41, 5.74) is 0.431. The molecule has 0 aliphatic carbocycles. The van der Waals surface area contributed by atoms with E-state index in [4.69, 9.17) is 9.72 Å². The Balaban J connectivity index is 1.12. The van der Waals surface area contributed by atoms with E-state index in [9.17, 15) is 9.59 Å². The van der Waals surface area contributed by atoms with Crippen LogP contribution in [0.1, 0.15) is 29.3 Å². The topological polar surface area (TPSA) is 87.7 Å². The molecule has 2 aromatic heterocycles. The average molecular weight is 466 g/mol. The van der Waals surface area contributed by atoms with Crippen molar-refractivity contribution in [2.24, 2.45) is 11.8 Å². The van der Waals surface area contributed by atoms with Crippen LogP contribution in [0, 0.1) is 18.8 Å². The van der Waals surface area contributed by atoms with E-state index in [2.05, 4.69) is 16.4 Å². The summed E-state index contributed by atoms with van der Waals surface area (Å²) in [5.74, 6) is 0.383. The van der Waals surface area contributed by atoms with Crippen molar-refractivity contribution in [3.05, 3.63) is 47.1 Å². The van der Waals surface area contributed by atoms with Crippen LogP contribution in [0.4, 0.5) is 10.9 Å². The largest absolute Gasteiger partial charge is 0.360 e. The van der Waals surface area contributed by atoms with Crippen molar-refractivity contribution < 1.29 is 14.3 Å². The Labute approximate surface area is 196 Å². The third-order valence-corrected chi connectivity index (χ3v) is 8.25. The summed E-state index contributed by atoms with van der Waals surface area (Å²) >= 11 is 1.60. The molecule has 4 aliphatic heterocycles. The fraction of sp³-hybridized carbons (Fsp3) is 0.500. The van der Waals surface area contributed by atoms with Gasteiger partial charge in [-0.15, -0.1) is 11.3 Å². The molecular formula is C24H27N5O3S. The van der Waals surface area contributed by atoms with Crippen LogP contribution < -0.4 is 5.32 Å². The van der Waals surface area contributed by atoms with Crippen LogP contribution in [0.15, 0.2) is 36.5 Å². The number of carbonyl (C=O) groups is 2. The maximum atomic E-state index is 13.5. The van der Waals surface area contributed by atoms with Crippen LogP contribution in [0.5, 0.6) is 0 Å². The van der Waals surface area contributed by atoms with E-state index in [-0.39, 0.29) is 23.8 Å². The van der Waals surface area contributed by atoms with Gasteiger partial charge in [0.2, 0.25) is 11.8 Å². The Hall–Kier alpha value is -2.78. The number of aromatic nitrogens is 2. The SMILES string of the molecule is Cc1cnc(Nc2cccc(C3CCN(C(=O)C4C5C=CC6(CN(C)C(=O)C46)O5)CC3)n2)s1. The van der Waals surface area contributed by atoms with Crippen molar-refractivity contribution in [1.29, 1.82) is 0 Å². The molecule has 3 saturated heterocycles. The molecule has 2 aromatic rings. The molecule has 172 valence electrons. The number of aryl methyl sites for hydroxylation is 1. The predicted molar refractivity (Wildman–Crippen MR) is 124 cm³/mol. The van der Waals surface area contributed by atoms with Gasteiger partial charge in [-0.05, 0) is 31.9 Å². The van der Waals surface area contributed by atoms with Gasteiger partial charge in [0.15, 0.2) is 5.13 Å². The molecule has 3 fully saturated rings. The minimum Gasteiger partial charge on any atom is -0.360 e. The number of carbonyl (C=O) groups excluding carboxylic acids is 2. The number of anilines is 2. The second kappa shape index (κ2) is 7.63. The molecule has 9 heteroatoms. The third-order valence-electron chi connectivity index (χ3n) is 7.43. The highest BCUT2D eigenvalue weighted by Gasteiger charge is 2.66. The van der Waals surface area contributed by atoms with Crippen molar-refractivity contribution in [2.75, 3.05) is 32.0 Å². The highest BCUT2D eigenvalue weighted by Crippen LogP contribution is 2.52. The lowest BCUT2D eigenvalue weighted by Crippen LogP contribution is -2.48. The molecule has 6 heterocycles. The second-order valence-corrected chi connectivity index (χ2v) is 10.8. The Morgan fingerprint density at radius 2 is 2.12 bits per heavy atom. The monoisotopic (exact) mass is 465 g/mol. The zero-order chi connectivity index (χ0) is 22.7. The van der Waals surface area contributed by atoms with Crippen LogP contribution in [0.25, 0.3) is 0 Å². The molecular weight excluding hydrogens is 438 g/mol. The fourth-order valence-electron chi connectivity index (χ4n) is 5.85. The number of likely N-dealkylation sites (tertiary alicyclic amines) is 2. The van der Waals surface area contributed by atoms with Gasteiger partial charge in [-0.25, -0.2) is 9.97 Å². The van der Waals surface area contributed by atoms with E-state index >= 15 is 0 Å². The van der Waals surface area contributed by atoms with E-state index in [0.717, 1.165) is 34.4 Å². The van der Waals surface area contributed by atoms with Crippen LogP contribution in [0.3, 0.4) is 0 Å². The summed E-state index contributed by atoms with van der Waals surface area (Å²) in [4.78, 5) is 40.2.